The van der Waals surface area contributed by atoms with Crippen LogP contribution in [-0.4, -0.2) is 55.9 Å². The molecule has 0 spiro atoms. The minimum atomic E-state index is -0.521. The summed E-state index contributed by atoms with van der Waals surface area (Å²) in [6.45, 7) is 6.80. The van der Waals surface area contributed by atoms with E-state index in [9.17, 15) is 9.59 Å². The number of likely N-dealkylation sites (tertiary alicyclic amines) is 1. The van der Waals surface area contributed by atoms with Gasteiger partial charge >= 0.3 is 12.1 Å². The molecule has 19 heavy (non-hydrogen) atoms. The lowest BCUT2D eigenvalue weighted by Crippen LogP contribution is -2.52. The van der Waals surface area contributed by atoms with E-state index in [0.717, 1.165) is 0 Å². The van der Waals surface area contributed by atoms with Gasteiger partial charge in [0.15, 0.2) is 0 Å². The number of nitrogens with zero attached hydrogens (tertiary/aromatic N) is 1. The first-order valence-corrected chi connectivity index (χ1v) is 6.47. The Morgan fingerprint density at radius 3 is 2.42 bits per heavy atom. The number of likely N-dealkylation sites (N-methyl/N-ethyl adjacent to an activating group) is 1. The second kappa shape index (κ2) is 6.23. The van der Waals surface area contributed by atoms with Gasteiger partial charge in [0.05, 0.1) is 13.0 Å². The van der Waals surface area contributed by atoms with E-state index in [2.05, 4.69) is 5.32 Å². The van der Waals surface area contributed by atoms with Crippen LogP contribution in [0.3, 0.4) is 0 Å². The van der Waals surface area contributed by atoms with Gasteiger partial charge in [-0.15, -0.1) is 0 Å². The Bertz CT molecular complexity index is 338. The number of carbonyl (C=O) groups is 2. The van der Waals surface area contributed by atoms with Crippen LogP contribution in [0.25, 0.3) is 0 Å². The Morgan fingerprint density at radius 2 is 1.89 bits per heavy atom. The van der Waals surface area contributed by atoms with Crippen molar-refractivity contribution in [2.24, 2.45) is 5.92 Å². The van der Waals surface area contributed by atoms with Gasteiger partial charge in [-0.3, -0.25) is 4.79 Å². The maximum absolute atomic E-state index is 11.7. The van der Waals surface area contributed by atoms with Crippen LogP contribution < -0.4 is 5.32 Å². The number of alkyl carbamates (subject to hydrolysis) is 1. The lowest BCUT2D eigenvalue weighted by molar-refractivity contribution is -0.147. The first-order valence-electron chi connectivity index (χ1n) is 6.47. The molecule has 1 fully saturated rings. The summed E-state index contributed by atoms with van der Waals surface area (Å²) in [5.41, 5.74) is -0.521. The quantitative estimate of drug-likeness (QED) is 0.760. The molecule has 0 aliphatic carbocycles. The number of rotatable bonds is 2. The number of ether oxygens (including phenoxy) is 2. The summed E-state index contributed by atoms with van der Waals surface area (Å²) in [6.07, 6.45) is 0.132. The van der Waals surface area contributed by atoms with Crippen molar-refractivity contribution in [3.05, 3.63) is 0 Å². The maximum Gasteiger partial charge on any atom is 0.407 e. The second-order valence-electron chi connectivity index (χ2n) is 6.02. The largest absolute Gasteiger partial charge is 0.469 e. The molecule has 1 heterocycles. The van der Waals surface area contributed by atoms with Crippen LogP contribution in [0, 0.1) is 5.92 Å². The summed E-state index contributed by atoms with van der Waals surface area (Å²) in [4.78, 5) is 25.3. The van der Waals surface area contributed by atoms with Crippen molar-refractivity contribution in [2.75, 3.05) is 27.2 Å². The van der Waals surface area contributed by atoms with Crippen molar-refractivity contribution in [3.8, 4) is 0 Å². The fourth-order valence-corrected chi connectivity index (χ4v) is 2.24. The summed E-state index contributed by atoms with van der Waals surface area (Å²) in [5, 5.41) is 2.80. The average Bonchev–Trinajstić information content (AvgIpc) is 2.24. The van der Waals surface area contributed by atoms with Gasteiger partial charge < -0.3 is 19.7 Å². The van der Waals surface area contributed by atoms with Crippen LogP contribution in [0.4, 0.5) is 4.79 Å². The molecule has 0 aromatic carbocycles. The van der Waals surface area contributed by atoms with Gasteiger partial charge in [0.1, 0.15) is 5.60 Å². The summed E-state index contributed by atoms with van der Waals surface area (Å²) in [5.74, 6) is -0.439. The van der Waals surface area contributed by atoms with Crippen LogP contribution in [-0.2, 0) is 14.3 Å². The predicted octanol–water partition coefficient (Wildman–Crippen LogP) is 1.00. The van der Waals surface area contributed by atoms with Gasteiger partial charge in [-0.05, 0) is 34.2 Å². The van der Waals surface area contributed by atoms with E-state index in [-0.39, 0.29) is 17.9 Å². The number of hydrogen-bond donors (Lipinski definition) is 1. The summed E-state index contributed by atoms with van der Waals surface area (Å²) in [6, 6.07) is -0.0994. The topological polar surface area (TPSA) is 67.9 Å². The number of nitrogens with one attached hydrogen (secondary N) is 1. The minimum absolute atomic E-state index is 0.0994. The van der Waals surface area contributed by atoms with E-state index in [1.807, 2.05) is 32.7 Å². The molecule has 6 nitrogen and oxygen atoms in total. The standard InChI is InChI=1S/C13H24N2O4/c1-13(2,3)19-12(17)14-10-6-9(11(16)18-5)7-15(4)8-10/h9-10H,6-8H2,1-5H3,(H,14,17). The number of methoxy groups -OCH3 is 1. The van der Waals surface area contributed by atoms with Gasteiger partial charge in [0, 0.05) is 19.1 Å². The highest BCUT2D eigenvalue weighted by Gasteiger charge is 2.32. The van der Waals surface area contributed by atoms with Crippen molar-refractivity contribution in [3.63, 3.8) is 0 Å². The van der Waals surface area contributed by atoms with Gasteiger partial charge in [-0.25, -0.2) is 4.79 Å². The molecular weight excluding hydrogens is 248 g/mol. The van der Waals surface area contributed by atoms with Crippen molar-refractivity contribution in [2.45, 2.75) is 38.8 Å². The van der Waals surface area contributed by atoms with Crippen molar-refractivity contribution < 1.29 is 19.1 Å². The molecule has 6 heteroatoms. The first-order chi connectivity index (χ1) is 8.71. The molecule has 2 atom stereocenters. The third-order valence-electron chi connectivity index (χ3n) is 2.89. The van der Waals surface area contributed by atoms with Crippen LogP contribution >= 0.6 is 0 Å². The van der Waals surface area contributed by atoms with Crippen LogP contribution in [0.2, 0.25) is 0 Å². The SMILES string of the molecule is COC(=O)C1CC(NC(=O)OC(C)(C)C)CN(C)C1. The van der Waals surface area contributed by atoms with Gasteiger partial charge in [-0.2, -0.15) is 0 Å². The number of esters is 1. The predicted molar refractivity (Wildman–Crippen MR) is 70.8 cm³/mol. The van der Waals surface area contributed by atoms with Crippen LogP contribution in [0.15, 0.2) is 0 Å². The molecular formula is C13H24N2O4. The highest BCUT2D eigenvalue weighted by atomic mass is 16.6. The van der Waals surface area contributed by atoms with Gasteiger partial charge in [-0.1, -0.05) is 0 Å². The summed E-state index contributed by atoms with van der Waals surface area (Å²) < 4.78 is 9.98. The van der Waals surface area contributed by atoms with E-state index >= 15 is 0 Å². The fourth-order valence-electron chi connectivity index (χ4n) is 2.24. The molecule has 1 saturated heterocycles. The lowest BCUT2D eigenvalue weighted by Gasteiger charge is -2.34. The van der Waals surface area contributed by atoms with Crippen molar-refractivity contribution in [1.29, 1.82) is 0 Å². The van der Waals surface area contributed by atoms with Gasteiger partial charge in [0.25, 0.3) is 0 Å². The van der Waals surface area contributed by atoms with E-state index in [1.165, 1.54) is 7.11 Å². The molecule has 0 radical (unpaired) electrons. The molecule has 0 aromatic rings. The van der Waals surface area contributed by atoms with Gasteiger partial charge in [0.2, 0.25) is 0 Å². The molecule has 1 rings (SSSR count). The molecule has 2 unspecified atom stereocenters. The van der Waals surface area contributed by atoms with Crippen molar-refractivity contribution >= 4 is 12.1 Å². The Morgan fingerprint density at radius 1 is 1.26 bits per heavy atom. The highest BCUT2D eigenvalue weighted by molar-refractivity contribution is 5.73. The van der Waals surface area contributed by atoms with E-state index in [4.69, 9.17) is 9.47 Å². The first kappa shape index (κ1) is 15.8. The zero-order chi connectivity index (χ0) is 14.6. The minimum Gasteiger partial charge on any atom is -0.469 e. The molecule has 110 valence electrons. The highest BCUT2D eigenvalue weighted by Crippen LogP contribution is 2.17. The lowest BCUT2D eigenvalue weighted by atomic mass is 9.95. The van der Waals surface area contributed by atoms with Crippen molar-refractivity contribution in [1.82, 2.24) is 10.2 Å². The number of carbonyl (C=O) groups excluding carboxylic acids is 2. The number of hydrogen-bond acceptors (Lipinski definition) is 5. The average molecular weight is 272 g/mol. The van der Waals surface area contributed by atoms with E-state index in [1.54, 1.807) is 0 Å². The number of amides is 1. The second-order valence-corrected chi connectivity index (χ2v) is 6.02. The fraction of sp³-hybridized carbons (Fsp3) is 0.846. The molecule has 0 aromatic heterocycles. The number of piperidine rings is 1. The van der Waals surface area contributed by atoms with E-state index in [0.29, 0.717) is 19.5 Å². The Balaban J connectivity index is 2.53. The molecule has 0 bridgehead atoms. The molecule has 1 aliphatic rings. The Labute approximate surface area is 114 Å². The third kappa shape index (κ3) is 5.46. The summed E-state index contributed by atoms with van der Waals surface area (Å²) in [7, 11) is 3.30. The zero-order valence-electron chi connectivity index (χ0n) is 12.4. The Hall–Kier alpha value is -1.30. The molecule has 0 saturated carbocycles. The normalized spacial score (nSPS) is 24.7. The molecule has 1 N–H and O–H groups in total. The van der Waals surface area contributed by atoms with E-state index < -0.39 is 11.7 Å². The van der Waals surface area contributed by atoms with Crippen LogP contribution in [0.1, 0.15) is 27.2 Å². The monoisotopic (exact) mass is 272 g/mol. The molecule has 1 aliphatic heterocycles. The third-order valence-corrected chi connectivity index (χ3v) is 2.89. The summed E-state index contributed by atoms with van der Waals surface area (Å²) >= 11 is 0. The maximum atomic E-state index is 11.7. The zero-order valence-corrected chi connectivity index (χ0v) is 12.4. The molecule has 1 amide bonds. The van der Waals surface area contributed by atoms with Crippen LogP contribution in [0.5, 0.6) is 0 Å². The smallest absolute Gasteiger partial charge is 0.407 e. The Kier molecular flexibility index (Phi) is 5.17.